The zero-order valence-corrected chi connectivity index (χ0v) is 10.4. The zero-order chi connectivity index (χ0) is 13.3. The van der Waals surface area contributed by atoms with Crippen molar-refractivity contribution >= 4 is 29.0 Å². The third-order valence-electron chi connectivity index (χ3n) is 2.36. The molecule has 2 rings (SSSR count). The zero-order valence-electron chi connectivity index (χ0n) is 8.88. The lowest BCUT2D eigenvalue weighted by atomic mass is 10.0. The summed E-state index contributed by atoms with van der Waals surface area (Å²) in [5, 5.41) is 0.187. The monoisotopic (exact) mass is 286 g/mol. The molecular formula is C13H6Cl2F2O. The molecule has 0 atom stereocenters. The van der Waals surface area contributed by atoms with Gasteiger partial charge in [-0.3, -0.25) is 4.79 Å². The number of benzene rings is 2. The maximum absolute atomic E-state index is 13.5. The lowest BCUT2D eigenvalue weighted by Gasteiger charge is -2.07. The summed E-state index contributed by atoms with van der Waals surface area (Å²) in [6.07, 6.45) is 0. The maximum atomic E-state index is 13.5. The standard InChI is InChI=1S/C13H6Cl2F2O/c14-9-2-1-3-10(15)12(9)13(18)8-6-7(16)4-5-11(8)17/h1-6H. The molecule has 18 heavy (non-hydrogen) atoms. The topological polar surface area (TPSA) is 17.1 Å². The summed E-state index contributed by atoms with van der Waals surface area (Å²) in [4.78, 5) is 12.1. The highest BCUT2D eigenvalue weighted by Crippen LogP contribution is 2.27. The van der Waals surface area contributed by atoms with Gasteiger partial charge in [0.15, 0.2) is 5.78 Å². The number of carbonyl (C=O) groups is 1. The van der Waals surface area contributed by atoms with Crippen LogP contribution in [0.2, 0.25) is 10.0 Å². The molecule has 0 fully saturated rings. The first-order valence-corrected chi connectivity index (χ1v) is 5.70. The highest BCUT2D eigenvalue weighted by Gasteiger charge is 2.20. The molecule has 92 valence electrons. The minimum Gasteiger partial charge on any atom is -0.288 e. The van der Waals surface area contributed by atoms with E-state index in [9.17, 15) is 13.6 Å². The van der Waals surface area contributed by atoms with Crippen molar-refractivity contribution in [1.82, 2.24) is 0 Å². The van der Waals surface area contributed by atoms with Crippen LogP contribution in [0.25, 0.3) is 0 Å². The van der Waals surface area contributed by atoms with Gasteiger partial charge in [0, 0.05) is 0 Å². The molecule has 0 radical (unpaired) electrons. The average Bonchev–Trinajstić information content (AvgIpc) is 2.32. The first kappa shape index (κ1) is 13.0. The van der Waals surface area contributed by atoms with E-state index in [1.54, 1.807) is 6.07 Å². The van der Waals surface area contributed by atoms with Gasteiger partial charge in [0.2, 0.25) is 0 Å². The number of hydrogen-bond donors (Lipinski definition) is 0. The van der Waals surface area contributed by atoms with Gasteiger partial charge in [0.05, 0.1) is 21.2 Å². The average molecular weight is 287 g/mol. The SMILES string of the molecule is O=C(c1cc(F)ccc1F)c1c(Cl)cccc1Cl. The lowest BCUT2D eigenvalue weighted by Crippen LogP contribution is -2.06. The molecule has 0 aliphatic carbocycles. The number of ketones is 1. The molecule has 0 amide bonds. The Hall–Kier alpha value is -1.45. The van der Waals surface area contributed by atoms with Crippen molar-refractivity contribution < 1.29 is 13.6 Å². The van der Waals surface area contributed by atoms with Crippen LogP contribution in [0.3, 0.4) is 0 Å². The Bertz CT molecular complexity index is 606. The molecule has 0 unspecified atom stereocenters. The van der Waals surface area contributed by atoms with Gasteiger partial charge >= 0.3 is 0 Å². The Morgan fingerprint density at radius 1 is 1.00 bits per heavy atom. The molecule has 0 N–H and O–H groups in total. The van der Waals surface area contributed by atoms with E-state index >= 15 is 0 Å². The fraction of sp³-hybridized carbons (Fsp3) is 0. The van der Waals surface area contributed by atoms with Gasteiger partial charge in [-0.1, -0.05) is 29.3 Å². The van der Waals surface area contributed by atoms with Crippen molar-refractivity contribution in [3.63, 3.8) is 0 Å². The summed E-state index contributed by atoms with van der Waals surface area (Å²) in [6, 6.07) is 7.10. The third-order valence-corrected chi connectivity index (χ3v) is 2.99. The summed E-state index contributed by atoms with van der Waals surface area (Å²) in [5.74, 6) is -2.28. The first-order chi connectivity index (χ1) is 8.50. The maximum Gasteiger partial charge on any atom is 0.199 e. The van der Waals surface area contributed by atoms with Crippen molar-refractivity contribution in [1.29, 1.82) is 0 Å². The number of carbonyl (C=O) groups excluding carboxylic acids is 1. The summed E-state index contributed by atoms with van der Waals surface area (Å²) >= 11 is 11.7. The van der Waals surface area contributed by atoms with Crippen molar-refractivity contribution in [3.8, 4) is 0 Å². The van der Waals surface area contributed by atoms with Crippen LogP contribution in [-0.2, 0) is 0 Å². The van der Waals surface area contributed by atoms with E-state index in [1.807, 2.05) is 0 Å². The second-order valence-corrected chi connectivity index (χ2v) is 4.36. The van der Waals surface area contributed by atoms with Crippen LogP contribution in [0.1, 0.15) is 15.9 Å². The van der Waals surface area contributed by atoms with Crippen molar-refractivity contribution in [2.45, 2.75) is 0 Å². The van der Waals surface area contributed by atoms with Crippen LogP contribution in [0, 0.1) is 11.6 Å². The van der Waals surface area contributed by atoms with Gasteiger partial charge in [0.25, 0.3) is 0 Å². The molecule has 1 nitrogen and oxygen atoms in total. The van der Waals surface area contributed by atoms with E-state index in [0.717, 1.165) is 18.2 Å². The summed E-state index contributed by atoms with van der Waals surface area (Å²) < 4.78 is 26.5. The van der Waals surface area contributed by atoms with Gasteiger partial charge in [-0.25, -0.2) is 8.78 Å². The lowest BCUT2D eigenvalue weighted by molar-refractivity contribution is 0.103. The predicted molar refractivity (Wildman–Crippen MR) is 66.3 cm³/mol. The number of hydrogen-bond acceptors (Lipinski definition) is 1. The largest absolute Gasteiger partial charge is 0.288 e. The Labute approximate surface area is 112 Å². The van der Waals surface area contributed by atoms with E-state index < -0.39 is 23.0 Å². The van der Waals surface area contributed by atoms with E-state index in [-0.39, 0.29) is 15.6 Å². The molecule has 0 spiro atoms. The molecule has 0 saturated carbocycles. The molecule has 0 saturated heterocycles. The van der Waals surface area contributed by atoms with Crippen molar-refractivity contribution in [3.05, 3.63) is 69.2 Å². The molecular weight excluding hydrogens is 281 g/mol. The Morgan fingerprint density at radius 3 is 2.22 bits per heavy atom. The summed E-state index contributed by atoms with van der Waals surface area (Å²) in [6.45, 7) is 0. The van der Waals surface area contributed by atoms with Crippen LogP contribution >= 0.6 is 23.2 Å². The molecule has 0 aromatic heterocycles. The normalized spacial score (nSPS) is 10.4. The van der Waals surface area contributed by atoms with Crippen LogP contribution in [-0.4, -0.2) is 5.78 Å². The molecule has 0 aliphatic heterocycles. The summed E-state index contributed by atoms with van der Waals surface area (Å²) in [7, 11) is 0. The second kappa shape index (κ2) is 5.04. The quantitative estimate of drug-likeness (QED) is 0.743. The Balaban J connectivity index is 2.58. The minimum atomic E-state index is -0.822. The van der Waals surface area contributed by atoms with Gasteiger partial charge in [-0.2, -0.15) is 0 Å². The molecule has 0 heterocycles. The van der Waals surface area contributed by atoms with Crippen LogP contribution < -0.4 is 0 Å². The van der Waals surface area contributed by atoms with Crippen LogP contribution in [0.15, 0.2) is 36.4 Å². The fourth-order valence-corrected chi connectivity index (χ4v) is 2.09. The molecule has 2 aromatic carbocycles. The highest BCUT2D eigenvalue weighted by atomic mass is 35.5. The fourth-order valence-electron chi connectivity index (χ4n) is 1.52. The third kappa shape index (κ3) is 2.37. The van der Waals surface area contributed by atoms with E-state index in [1.165, 1.54) is 12.1 Å². The molecule has 0 bridgehead atoms. The van der Waals surface area contributed by atoms with Gasteiger partial charge < -0.3 is 0 Å². The van der Waals surface area contributed by atoms with Crippen molar-refractivity contribution in [2.75, 3.05) is 0 Å². The smallest absolute Gasteiger partial charge is 0.199 e. The minimum absolute atomic E-state index is 0.0367. The van der Waals surface area contributed by atoms with E-state index in [4.69, 9.17) is 23.2 Å². The number of halogens is 4. The predicted octanol–water partition coefficient (Wildman–Crippen LogP) is 4.50. The number of rotatable bonds is 2. The first-order valence-electron chi connectivity index (χ1n) is 4.94. The van der Waals surface area contributed by atoms with Gasteiger partial charge in [-0.15, -0.1) is 0 Å². The van der Waals surface area contributed by atoms with E-state index in [0.29, 0.717) is 0 Å². The van der Waals surface area contributed by atoms with E-state index in [2.05, 4.69) is 0 Å². The van der Waals surface area contributed by atoms with Crippen molar-refractivity contribution in [2.24, 2.45) is 0 Å². The van der Waals surface area contributed by atoms with Crippen LogP contribution in [0.4, 0.5) is 8.78 Å². The van der Waals surface area contributed by atoms with Gasteiger partial charge in [-0.05, 0) is 30.3 Å². The Morgan fingerprint density at radius 2 is 1.61 bits per heavy atom. The molecule has 5 heteroatoms. The molecule has 0 aliphatic rings. The molecule has 2 aromatic rings. The van der Waals surface area contributed by atoms with Gasteiger partial charge in [0.1, 0.15) is 11.6 Å². The highest BCUT2D eigenvalue weighted by molar-refractivity contribution is 6.41. The summed E-state index contributed by atoms with van der Waals surface area (Å²) in [5.41, 5.74) is -0.435. The second-order valence-electron chi connectivity index (χ2n) is 3.55. The van der Waals surface area contributed by atoms with Crippen LogP contribution in [0.5, 0.6) is 0 Å². The Kier molecular flexibility index (Phi) is 3.64.